The van der Waals surface area contributed by atoms with Crippen LogP contribution in [0.1, 0.15) is 13.3 Å². The van der Waals surface area contributed by atoms with Crippen molar-refractivity contribution in [2.75, 3.05) is 0 Å². The van der Waals surface area contributed by atoms with Gasteiger partial charge >= 0.3 is 0 Å². The van der Waals surface area contributed by atoms with Crippen LogP contribution in [0.2, 0.25) is 0 Å². The SMILES string of the molecule is CC(O)CC(N)C(O)(O)O.Cl. The first-order valence-electron chi connectivity index (χ1n) is 2.94. The maximum Gasteiger partial charge on any atom is 0.291 e. The van der Waals surface area contributed by atoms with Crippen LogP contribution in [0.3, 0.4) is 0 Å². The van der Waals surface area contributed by atoms with Crippen molar-refractivity contribution in [1.29, 1.82) is 0 Å². The number of aliphatic hydroxyl groups is 4. The lowest BCUT2D eigenvalue weighted by atomic mass is 10.1. The maximum absolute atomic E-state index is 8.67. The van der Waals surface area contributed by atoms with Crippen LogP contribution in [0.4, 0.5) is 0 Å². The second kappa shape index (κ2) is 4.87. The molecule has 6 heteroatoms. The first-order valence-corrected chi connectivity index (χ1v) is 2.94. The molecule has 0 aliphatic heterocycles. The Balaban J connectivity index is 0. The molecule has 70 valence electrons. The normalized spacial score (nSPS) is 16.9. The quantitative estimate of drug-likeness (QED) is 0.333. The molecule has 0 heterocycles. The Morgan fingerprint density at radius 1 is 1.36 bits per heavy atom. The minimum Gasteiger partial charge on any atom is -0.393 e. The van der Waals surface area contributed by atoms with Crippen molar-refractivity contribution in [1.82, 2.24) is 0 Å². The van der Waals surface area contributed by atoms with E-state index in [-0.39, 0.29) is 18.8 Å². The van der Waals surface area contributed by atoms with E-state index in [9.17, 15) is 0 Å². The second-order valence-electron chi connectivity index (χ2n) is 2.38. The Hall–Kier alpha value is 0.0900. The van der Waals surface area contributed by atoms with Gasteiger partial charge in [-0.1, -0.05) is 0 Å². The van der Waals surface area contributed by atoms with Gasteiger partial charge in [0.2, 0.25) is 0 Å². The topological polar surface area (TPSA) is 107 Å². The summed E-state index contributed by atoms with van der Waals surface area (Å²) in [5, 5.41) is 33.9. The van der Waals surface area contributed by atoms with Gasteiger partial charge in [-0.15, -0.1) is 12.4 Å². The highest BCUT2D eigenvalue weighted by Crippen LogP contribution is 2.05. The number of aliphatic hydroxyl groups excluding tert-OH is 1. The van der Waals surface area contributed by atoms with Crippen molar-refractivity contribution in [3.63, 3.8) is 0 Å². The van der Waals surface area contributed by atoms with E-state index in [0.29, 0.717) is 0 Å². The van der Waals surface area contributed by atoms with Gasteiger partial charge in [0.15, 0.2) is 0 Å². The van der Waals surface area contributed by atoms with Gasteiger partial charge in [0, 0.05) is 0 Å². The number of nitrogens with two attached hydrogens (primary N) is 1. The van der Waals surface area contributed by atoms with E-state index in [0.717, 1.165) is 0 Å². The van der Waals surface area contributed by atoms with Gasteiger partial charge in [-0.2, -0.15) is 0 Å². The van der Waals surface area contributed by atoms with Crippen LogP contribution in [-0.4, -0.2) is 38.5 Å². The van der Waals surface area contributed by atoms with Crippen molar-refractivity contribution >= 4 is 12.4 Å². The largest absolute Gasteiger partial charge is 0.393 e. The first-order chi connectivity index (χ1) is 4.34. The van der Waals surface area contributed by atoms with Gasteiger partial charge in [-0.05, 0) is 13.3 Å². The molecule has 5 nitrogen and oxygen atoms in total. The van der Waals surface area contributed by atoms with Crippen LogP contribution >= 0.6 is 12.4 Å². The Morgan fingerprint density at radius 2 is 1.73 bits per heavy atom. The van der Waals surface area contributed by atoms with Crippen LogP contribution in [0.5, 0.6) is 0 Å². The molecule has 2 atom stereocenters. The van der Waals surface area contributed by atoms with Crippen molar-refractivity contribution in [3.8, 4) is 0 Å². The summed E-state index contributed by atoms with van der Waals surface area (Å²) in [5.74, 6) is -2.89. The molecule has 0 spiro atoms. The van der Waals surface area contributed by atoms with E-state index in [1.807, 2.05) is 0 Å². The molecule has 0 aliphatic carbocycles. The highest BCUT2D eigenvalue weighted by atomic mass is 35.5. The fourth-order valence-corrected chi connectivity index (χ4v) is 0.526. The van der Waals surface area contributed by atoms with Crippen molar-refractivity contribution < 1.29 is 20.4 Å². The molecule has 0 fully saturated rings. The standard InChI is InChI=1S/C5H13NO4.ClH/c1-3(7)2-4(6)5(8,9)10;/h3-4,7-10H,2,6H2,1H3;1H. The molecular weight excluding hydrogens is 174 g/mol. The van der Waals surface area contributed by atoms with Gasteiger partial charge in [-0.25, -0.2) is 0 Å². The zero-order valence-electron chi connectivity index (χ0n) is 6.14. The van der Waals surface area contributed by atoms with Crippen LogP contribution in [0.15, 0.2) is 0 Å². The van der Waals surface area contributed by atoms with Crippen molar-refractivity contribution in [3.05, 3.63) is 0 Å². The summed E-state index contributed by atoms with van der Waals surface area (Å²) >= 11 is 0. The molecule has 0 aromatic rings. The summed E-state index contributed by atoms with van der Waals surface area (Å²) in [6.45, 7) is 1.44. The minimum absolute atomic E-state index is 0. The molecule has 2 unspecified atom stereocenters. The van der Waals surface area contributed by atoms with Crippen LogP contribution in [-0.2, 0) is 0 Å². The van der Waals surface area contributed by atoms with Crippen LogP contribution in [0.25, 0.3) is 0 Å². The maximum atomic E-state index is 8.67. The average Bonchev–Trinajstić information content (AvgIpc) is 1.60. The van der Waals surface area contributed by atoms with Gasteiger partial charge in [0.1, 0.15) is 0 Å². The fourth-order valence-electron chi connectivity index (χ4n) is 0.526. The van der Waals surface area contributed by atoms with Crippen molar-refractivity contribution in [2.24, 2.45) is 5.73 Å². The Bertz CT molecular complexity index is 103. The lowest BCUT2D eigenvalue weighted by Crippen LogP contribution is -2.49. The molecule has 11 heavy (non-hydrogen) atoms. The predicted molar refractivity (Wildman–Crippen MR) is 40.9 cm³/mol. The summed E-state index contributed by atoms with van der Waals surface area (Å²) < 4.78 is 0. The van der Waals surface area contributed by atoms with E-state index >= 15 is 0 Å². The van der Waals surface area contributed by atoms with Gasteiger partial charge in [0.25, 0.3) is 5.97 Å². The van der Waals surface area contributed by atoms with E-state index in [1.165, 1.54) is 6.92 Å². The highest BCUT2D eigenvalue weighted by molar-refractivity contribution is 5.85. The van der Waals surface area contributed by atoms with E-state index in [1.54, 1.807) is 0 Å². The molecule has 0 aliphatic rings. The smallest absolute Gasteiger partial charge is 0.291 e. The molecule has 0 amide bonds. The van der Waals surface area contributed by atoms with Crippen molar-refractivity contribution in [2.45, 2.75) is 31.5 Å². The Kier molecular flexibility index (Phi) is 6.04. The first kappa shape index (κ1) is 13.7. The monoisotopic (exact) mass is 187 g/mol. The second-order valence-corrected chi connectivity index (χ2v) is 2.38. The zero-order valence-corrected chi connectivity index (χ0v) is 6.95. The summed E-state index contributed by atoms with van der Waals surface area (Å²) in [6.07, 6.45) is -0.829. The van der Waals surface area contributed by atoms with E-state index in [2.05, 4.69) is 0 Å². The minimum atomic E-state index is -2.89. The number of hydrogen-bond donors (Lipinski definition) is 5. The summed E-state index contributed by atoms with van der Waals surface area (Å²) in [5.41, 5.74) is 5.04. The lowest BCUT2D eigenvalue weighted by molar-refractivity contribution is -0.324. The van der Waals surface area contributed by atoms with Gasteiger partial charge < -0.3 is 26.2 Å². The van der Waals surface area contributed by atoms with Crippen LogP contribution in [0, 0.1) is 0 Å². The molecule has 0 radical (unpaired) electrons. The third-order valence-electron chi connectivity index (χ3n) is 1.09. The van der Waals surface area contributed by atoms with E-state index < -0.39 is 18.1 Å². The van der Waals surface area contributed by atoms with Crippen LogP contribution < -0.4 is 5.73 Å². The fraction of sp³-hybridized carbons (Fsp3) is 1.00. The molecule has 0 aromatic heterocycles. The highest BCUT2D eigenvalue weighted by Gasteiger charge is 2.29. The lowest BCUT2D eigenvalue weighted by Gasteiger charge is -2.22. The van der Waals surface area contributed by atoms with E-state index in [4.69, 9.17) is 26.2 Å². The third-order valence-corrected chi connectivity index (χ3v) is 1.09. The Labute approximate surface area is 70.9 Å². The number of rotatable bonds is 3. The molecule has 0 rings (SSSR count). The summed E-state index contributed by atoms with van der Waals surface area (Å²) in [6, 6.07) is -1.24. The zero-order chi connectivity index (χ0) is 8.36. The molecule has 6 N–H and O–H groups in total. The predicted octanol–water partition coefficient (Wildman–Crippen LogP) is -1.86. The third kappa shape index (κ3) is 6.49. The molecule has 0 bridgehead atoms. The average molecular weight is 188 g/mol. The summed E-state index contributed by atoms with van der Waals surface area (Å²) in [4.78, 5) is 0. The summed E-state index contributed by atoms with van der Waals surface area (Å²) in [7, 11) is 0. The van der Waals surface area contributed by atoms with Gasteiger partial charge in [-0.3, -0.25) is 0 Å². The molecular formula is C5H14ClNO4. The Morgan fingerprint density at radius 3 is 1.82 bits per heavy atom. The number of hydrogen-bond acceptors (Lipinski definition) is 5. The van der Waals surface area contributed by atoms with Gasteiger partial charge in [0.05, 0.1) is 12.1 Å². The molecule has 0 saturated heterocycles. The number of halogens is 1. The molecule has 0 saturated carbocycles. The molecule has 0 aromatic carbocycles.